The first-order valence-corrected chi connectivity index (χ1v) is 5.17. The molecule has 2 rings (SSSR count). The van der Waals surface area contributed by atoms with Gasteiger partial charge in [0, 0.05) is 12.4 Å². The third-order valence-corrected chi connectivity index (χ3v) is 2.22. The summed E-state index contributed by atoms with van der Waals surface area (Å²) in [6.07, 6.45) is 3.31. The molecule has 2 aromatic heterocycles. The number of pyridine rings is 2. The number of carbonyl (C=O) groups excluding carboxylic acids is 1. The van der Waals surface area contributed by atoms with Gasteiger partial charge in [0.15, 0.2) is 0 Å². The molecule has 96 valence electrons. The molecule has 2 N–H and O–H groups in total. The number of aromatic nitrogens is 2. The number of nitrogens with one attached hydrogen (secondary N) is 1. The minimum atomic E-state index is -1.11. The van der Waals surface area contributed by atoms with Crippen LogP contribution in [0.5, 0.6) is 0 Å². The van der Waals surface area contributed by atoms with Crippen LogP contribution >= 0.6 is 0 Å². The van der Waals surface area contributed by atoms with Crippen LogP contribution in [-0.4, -0.2) is 27.0 Å². The number of carbonyl (C=O) groups is 2. The molecule has 0 aromatic carbocycles. The molecule has 0 fully saturated rings. The number of nitrogens with zero attached hydrogens (tertiary/aromatic N) is 2. The smallest absolute Gasteiger partial charge is 0.337 e. The van der Waals surface area contributed by atoms with E-state index in [0.717, 1.165) is 18.5 Å². The fraction of sp³-hybridized carbons (Fsp3) is 0. The normalized spacial score (nSPS) is 9.95. The SMILES string of the molecule is O=C(O)c1ccc(NC(=O)c2cncc(F)c2)nc1. The number of rotatable bonds is 3. The van der Waals surface area contributed by atoms with E-state index in [-0.39, 0.29) is 16.9 Å². The Morgan fingerprint density at radius 1 is 1.16 bits per heavy atom. The van der Waals surface area contributed by atoms with Crippen molar-refractivity contribution < 1.29 is 19.1 Å². The lowest BCUT2D eigenvalue weighted by molar-refractivity contribution is 0.0696. The summed E-state index contributed by atoms with van der Waals surface area (Å²) in [4.78, 5) is 29.6. The van der Waals surface area contributed by atoms with Gasteiger partial charge < -0.3 is 10.4 Å². The van der Waals surface area contributed by atoms with Gasteiger partial charge >= 0.3 is 5.97 Å². The standard InChI is InChI=1S/C12H8FN3O3/c13-9-3-8(4-14-6-9)11(17)16-10-2-1-7(5-15-10)12(18)19/h1-6H,(H,18,19)(H,15,16,17). The van der Waals surface area contributed by atoms with E-state index in [1.54, 1.807) is 0 Å². The second kappa shape index (κ2) is 5.21. The maximum Gasteiger partial charge on any atom is 0.337 e. The van der Waals surface area contributed by atoms with Gasteiger partial charge in [-0.15, -0.1) is 0 Å². The summed E-state index contributed by atoms with van der Waals surface area (Å²) in [6, 6.07) is 3.68. The quantitative estimate of drug-likeness (QED) is 0.874. The predicted molar refractivity (Wildman–Crippen MR) is 63.3 cm³/mol. The number of amides is 1. The molecule has 0 radical (unpaired) electrons. The van der Waals surface area contributed by atoms with E-state index in [9.17, 15) is 14.0 Å². The molecule has 0 aliphatic rings. The molecule has 6 nitrogen and oxygen atoms in total. The summed E-state index contributed by atoms with van der Waals surface area (Å²) in [5.74, 6) is -2.15. The highest BCUT2D eigenvalue weighted by atomic mass is 19.1. The van der Waals surface area contributed by atoms with Crippen molar-refractivity contribution in [1.82, 2.24) is 9.97 Å². The van der Waals surface area contributed by atoms with Crippen molar-refractivity contribution in [3.63, 3.8) is 0 Å². The van der Waals surface area contributed by atoms with Gasteiger partial charge in [-0.3, -0.25) is 9.78 Å². The van der Waals surface area contributed by atoms with E-state index < -0.39 is 17.7 Å². The zero-order valence-corrected chi connectivity index (χ0v) is 9.50. The van der Waals surface area contributed by atoms with Crippen molar-refractivity contribution in [2.75, 3.05) is 5.32 Å². The van der Waals surface area contributed by atoms with Gasteiger partial charge in [0.1, 0.15) is 11.6 Å². The van der Waals surface area contributed by atoms with Crippen molar-refractivity contribution >= 4 is 17.7 Å². The van der Waals surface area contributed by atoms with Crippen molar-refractivity contribution in [2.45, 2.75) is 0 Å². The Labute approximate surface area is 106 Å². The van der Waals surface area contributed by atoms with Gasteiger partial charge in [-0.1, -0.05) is 0 Å². The molecule has 0 atom stereocenters. The van der Waals surface area contributed by atoms with E-state index in [0.29, 0.717) is 0 Å². The van der Waals surface area contributed by atoms with Gasteiger partial charge in [-0.25, -0.2) is 14.2 Å². The number of hydrogen-bond acceptors (Lipinski definition) is 4. The maximum atomic E-state index is 12.9. The average molecular weight is 261 g/mol. The summed E-state index contributed by atoms with van der Waals surface area (Å²) in [5.41, 5.74) is 0.0505. The topological polar surface area (TPSA) is 92.2 Å². The molecule has 7 heteroatoms. The minimum absolute atomic E-state index is 0.00502. The highest BCUT2D eigenvalue weighted by molar-refractivity contribution is 6.03. The van der Waals surface area contributed by atoms with Crippen LogP contribution < -0.4 is 5.32 Å². The fourth-order valence-corrected chi connectivity index (χ4v) is 1.32. The second-order valence-electron chi connectivity index (χ2n) is 3.58. The van der Waals surface area contributed by atoms with E-state index in [1.807, 2.05) is 0 Å². The van der Waals surface area contributed by atoms with Gasteiger partial charge in [-0.2, -0.15) is 0 Å². The molecule has 0 saturated heterocycles. The summed E-state index contributed by atoms with van der Waals surface area (Å²) in [5, 5.41) is 11.1. The number of halogens is 1. The molecule has 0 spiro atoms. The summed E-state index contributed by atoms with van der Waals surface area (Å²) < 4.78 is 12.9. The number of carboxylic acids is 1. The van der Waals surface area contributed by atoms with E-state index >= 15 is 0 Å². The van der Waals surface area contributed by atoms with Crippen LogP contribution in [0, 0.1) is 5.82 Å². The van der Waals surface area contributed by atoms with Crippen LogP contribution in [0.3, 0.4) is 0 Å². The van der Waals surface area contributed by atoms with Crippen LogP contribution in [-0.2, 0) is 0 Å². The lowest BCUT2D eigenvalue weighted by Gasteiger charge is -2.04. The van der Waals surface area contributed by atoms with Crippen molar-refractivity contribution in [1.29, 1.82) is 0 Å². The first-order chi connectivity index (χ1) is 9.06. The lowest BCUT2D eigenvalue weighted by atomic mass is 10.2. The van der Waals surface area contributed by atoms with Crippen LogP contribution in [0.15, 0.2) is 36.8 Å². The Balaban J connectivity index is 2.13. The lowest BCUT2D eigenvalue weighted by Crippen LogP contribution is -2.13. The minimum Gasteiger partial charge on any atom is -0.478 e. The largest absolute Gasteiger partial charge is 0.478 e. The Hall–Kier alpha value is -2.83. The van der Waals surface area contributed by atoms with Crippen molar-refractivity contribution in [3.8, 4) is 0 Å². The summed E-state index contributed by atoms with van der Waals surface area (Å²) in [6.45, 7) is 0. The van der Waals surface area contributed by atoms with Gasteiger partial charge in [0.2, 0.25) is 0 Å². The molecule has 19 heavy (non-hydrogen) atoms. The van der Waals surface area contributed by atoms with Crippen LogP contribution in [0.25, 0.3) is 0 Å². The number of hydrogen-bond donors (Lipinski definition) is 2. The highest BCUT2D eigenvalue weighted by Crippen LogP contribution is 2.08. The van der Waals surface area contributed by atoms with E-state index in [1.165, 1.54) is 18.3 Å². The average Bonchev–Trinajstić information content (AvgIpc) is 2.39. The monoisotopic (exact) mass is 261 g/mol. The first-order valence-electron chi connectivity index (χ1n) is 5.17. The molecule has 2 heterocycles. The van der Waals surface area contributed by atoms with Gasteiger partial charge in [-0.05, 0) is 18.2 Å². The third kappa shape index (κ3) is 3.09. The Morgan fingerprint density at radius 3 is 2.53 bits per heavy atom. The highest BCUT2D eigenvalue weighted by Gasteiger charge is 2.09. The third-order valence-electron chi connectivity index (χ3n) is 2.22. The summed E-state index contributed by atoms with van der Waals surface area (Å²) >= 11 is 0. The molecule has 2 aromatic rings. The van der Waals surface area contributed by atoms with Crippen LogP contribution in [0.1, 0.15) is 20.7 Å². The van der Waals surface area contributed by atoms with Crippen molar-refractivity contribution in [3.05, 3.63) is 53.7 Å². The Bertz CT molecular complexity index is 628. The summed E-state index contributed by atoms with van der Waals surface area (Å²) in [7, 11) is 0. The van der Waals surface area contributed by atoms with E-state index in [4.69, 9.17) is 5.11 Å². The van der Waals surface area contributed by atoms with Gasteiger partial charge in [0.25, 0.3) is 5.91 Å². The molecule has 0 unspecified atom stereocenters. The zero-order chi connectivity index (χ0) is 13.8. The molecule has 0 aliphatic heterocycles. The number of carboxylic acid groups (broad SMARTS) is 1. The molecule has 0 bridgehead atoms. The van der Waals surface area contributed by atoms with Crippen molar-refractivity contribution in [2.24, 2.45) is 0 Å². The number of anilines is 1. The first kappa shape index (κ1) is 12.6. The fourth-order valence-electron chi connectivity index (χ4n) is 1.32. The molecule has 0 saturated carbocycles. The van der Waals surface area contributed by atoms with Crippen LogP contribution in [0.2, 0.25) is 0 Å². The predicted octanol–water partition coefficient (Wildman–Crippen LogP) is 1.57. The maximum absolute atomic E-state index is 12.9. The molecular formula is C12H8FN3O3. The Morgan fingerprint density at radius 2 is 1.95 bits per heavy atom. The molecular weight excluding hydrogens is 253 g/mol. The Kier molecular flexibility index (Phi) is 3.46. The number of aromatic carboxylic acids is 1. The van der Waals surface area contributed by atoms with Gasteiger partial charge in [0.05, 0.1) is 17.3 Å². The zero-order valence-electron chi connectivity index (χ0n) is 9.50. The molecule has 0 aliphatic carbocycles. The second-order valence-corrected chi connectivity index (χ2v) is 3.58. The molecule has 1 amide bonds. The van der Waals surface area contributed by atoms with E-state index in [2.05, 4.69) is 15.3 Å². The van der Waals surface area contributed by atoms with Crippen LogP contribution in [0.4, 0.5) is 10.2 Å².